The standard InChI is InChI=1S/C18H36O3.10C3H8O3/c1-2-3-4-5-6-7-8-9-10-11-12-13-14-15-16-17(19)18(20)21;10*4-1-3(6)2-5/h17,19H,2-16H2,1H3,(H,20,21);10*3-6H,1-2H2. The fourth-order valence-corrected chi connectivity index (χ4v) is 3.23. The molecule has 0 fully saturated rings. The first-order valence-corrected chi connectivity index (χ1v) is 26.2. The highest BCUT2D eigenvalue weighted by Crippen LogP contribution is 2.13. The molecule has 81 heavy (non-hydrogen) atoms. The molecular weight excluding hydrogens is 1100 g/mol. The maximum absolute atomic E-state index is 10.4. The lowest BCUT2D eigenvalue weighted by atomic mass is 10.0. The largest absolute Gasteiger partial charge is 0.479 e. The molecule has 0 heterocycles. The van der Waals surface area contributed by atoms with Crippen molar-refractivity contribution in [1.29, 1.82) is 0 Å². The van der Waals surface area contributed by atoms with Gasteiger partial charge >= 0.3 is 5.97 Å². The maximum atomic E-state index is 10.4. The highest BCUT2D eigenvalue weighted by molar-refractivity contribution is 5.71. The lowest BCUT2D eigenvalue weighted by Gasteiger charge is -2.05. The minimum Gasteiger partial charge on any atom is -0.479 e. The van der Waals surface area contributed by atoms with Gasteiger partial charge in [0.15, 0.2) is 6.10 Å². The van der Waals surface area contributed by atoms with Gasteiger partial charge in [0.2, 0.25) is 0 Å². The van der Waals surface area contributed by atoms with Crippen LogP contribution in [0, 0.1) is 0 Å². The van der Waals surface area contributed by atoms with Crippen LogP contribution in [0.1, 0.15) is 103 Å². The molecule has 0 amide bonds. The molecule has 0 bridgehead atoms. The van der Waals surface area contributed by atoms with Crippen molar-refractivity contribution in [2.75, 3.05) is 132 Å². The van der Waals surface area contributed by atoms with Crippen molar-refractivity contribution in [2.24, 2.45) is 0 Å². The molecule has 0 aliphatic carbocycles. The Morgan fingerprint density at radius 2 is 0.333 bits per heavy atom. The third-order valence-corrected chi connectivity index (χ3v) is 8.33. The van der Waals surface area contributed by atoms with E-state index < -0.39 is 73.1 Å². The van der Waals surface area contributed by atoms with Gasteiger partial charge in [0, 0.05) is 0 Å². The normalized spacial score (nSPS) is 10.6. The van der Waals surface area contributed by atoms with E-state index in [4.69, 9.17) is 163 Å². The number of rotatable bonds is 36. The number of aliphatic carboxylic acids is 1. The van der Waals surface area contributed by atoms with Crippen molar-refractivity contribution in [3.63, 3.8) is 0 Å². The average Bonchev–Trinajstić information content (AvgIpc) is 3.51. The molecule has 32 N–H and O–H groups in total. The molecule has 0 radical (unpaired) electrons. The first-order chi connectivity index (χ1) is 38.3. The molecule has 0 aliphatic rings. The van der Waals surface area contributed by atoms with Crippen LogP contribution in [-0.2, 0) is 4.79 Å². The van der Waals surface area contributed by atoms with Gasteiger partial charge in [0.1, 0.15) is 61.0 Å². The predicted octanol–water partition coefficient (Wildman–Crippen LogP) is -11.4. The molecule has 1 unspecified atom stereocenters. The van der Waals surface area contributed by atoms with Crippen molar-refractivity contribution in [3.05, 3.63) is 0 Å². The third-order valence-electron chi connectivity index (χ3n) is 8.33. The molecule has 0 aromatic heterocycles. The smallest absolute Gasteiger partial charge is 0.332 e. The lowest BCUT2D eigenvalue weighted by molar-refractivity contribution is -0.147. The van der Waals surface area contributed by atoms with Crippen LogP contribution >= 0.6 is 0 Å². The van der Waals surface area contributed by atoms with Crippen LogP contribution in [-0.4, -0.2) is 369 Å². The molecule has 0 saturated heterocycles. The molecule has 1 atom stereocenters. The van der Waals surface area contributed by atoms with Crippen LogP contribution in [0.2, 0.25) is 0 Å². The average molecular weight is 1220 g/mol. The van der Waals surface area contributed by atoms with Gasteiger partial charge in [-0.15, -0.1) is 0 Å². The Kier molecular flexibility index (Phi) is 125. The maximum Gasteiger partial charge on any atom is 0.332 e. The van der Waals surface area contributed by atoms with Crippen LogP contribution in [0.3, 0.4) is 0 Å². The number of hydrogen-bond donors (Lipinski definition) is 32. The van der Waals surface area contributed by atoms with Gasteiger partial charge in [-0.3, -0.25) is 0 Å². The second kappa shape index (κ2) is 97.4. The van der Waals surface area contributed by atoms with Gasteiger partial charge in [-0.1, -0.05) is 96.8 Å². The molecular formula is C48H116O33. The summed E-state index contributed by atoms with van der Waals surface area (Å²) in [6, 6.07) is 0. The zero-order valence-electron chi connectivity index (χ0n) is 47.3. The Labute approximate surface area is 476 Å². The Morgan fingerprint density at radius 3 is 0.420 bits per heavy atom. The van der Waals surface area contributed by atoms with E-state index in [2.05, 4.69) is 6.92 Å². The minimum atomic E-state index is -1.16. The Morgan fingerprint density at radius 1 is 0.222 bits per heavy atom. The predicted molar refractivity (Wildman–Crippen MR) is 290 cm³/mol. The molecule has 0 aliphatic heterocycles. The van der Waals surface area contributed by atoms with E-state index in [0.717, 1.165) is 12.8 Å². The zero-order chi connectivity index (χ0) is 65.7. The van der Waals surface area contributed by atoms with E-state index in [1.807, 2.05) is 0 Å². The number of unbranched alkanes of at least 4 members (excludes halogenated alkanes) is 13. The second-order valence-electron chi connectivity index (χ2n) is 16.4. The summed E-state index contributed by atoms with van der Waals surface area (Å²) < 4.78 is 0. The summed E-state index contributed by atoms with van der Waals surface area (Å²) in [7, 11) is 0. The van der Waals surface area contributed by atoms with Crippen molar-refractivity contribution in [3.8, 4) is 0 Å². The van der Waals surface area contributed by atoms with Gasteiger partial charge < -0.3 is 163 Å². The monoisotopic (exact) mass is 1220 g/mol. The first-order valence-electron chi connectivity index (χ1n) is 26.2. The van der Waals surface area contributed by atoms with Crippen molar-refractivity contribution in [1.82, 2.24) is 0 Å². The summed E-state index contributed by atoms with van der Waals surface area (Å²) in [6.45, 7) is -5.03. The fraction of sp³-hybridized carbons (Fsp3) is 0.979. The van der Waals surface area contributed by atoms with Crippen molar-refractivity contribution in [2.45, 2.75) is 170 Å². The number of carboxylic acids is 1. The summed E-state index contributed by atoms with van der Waals surface area (Å²) in [5.41, 5.74) is 0. The third kappa shape index (κ3) is 134. The molecule has 0 rings (SSSR count). The second-order valence-corrected chi connectivity index (χ2v) is 16.4. The number of aliphatic hydroxyl groups excluding tert-OH is 31. The summed E-state index contributed by atoms with van der Waals surface area (Å²) >= 11 is 0. The molecule has 506 valence electrons. The number of hydrogen-bond acceptors (Lipinski definition) is 32. The van der Waals surface area contributed by atoms with Gasteiger partial charge in [-0.2, -0.15) is 0 Å². The van der Waals surface area contributed by atoms with E-state index >= 15 is 0 Å². The van der Waals surface area contributed by atoms with Gasteiger partial charge in [0.05, 0.1) is 132 Å². The molecule has 0 saturated carbocycles. The van der Waals surface area contributed by atoms with Crippen LogP contribution in [0.4, 0.5) is 0 Å². The summed E-state index contributed by atoms with van der Waals surface area (Å²) in [5.74, 6) is -1.09. The number of aliphatic hydroxyl groups is 31. The van der Waals surface area contributed by atoms with E-state index in [1.165, 1.54) is 77.0 Å². The van der Waals surface area contributed by atoms with Gasteiger partial charge in [0.25, 0.3) is 0 Å². The van der Waals surface area contributed by atoms with Crippen LogP contribution in [0.25, 0.3) is 0 Å². The highest BCUT2D eigenvalue weighted by atomic mass is 16.4. The quantitative estimate of drug-likeness (QED) is 0.0259. The first kappa shape index (κ1) is 104. The highest BCUT2D eigenvalue weighted by Gasteiger charge is 2.11. The summed E-state index contributed by atoms with van der Waals surface area (Å²) in [5, 5.41) is 258. The van der Waals surface area contributed by atoms with E-state index in [9.17, 15) is 4.79 Å². The minimum absolute atomic E-state index is 0.365. The van der Waals surface area contributed by atoms with Gasteiger partial charge in [-0.25, -0.2) is 4.79 Å². The Balaban J connectivity index is -0.0000000778. The Bertz CT molecular complexity index is 788. The SMILES string of the molecule is CCCCCCCCCCCCCCCCC(O)C(=O)O.OCC(O)CO.OCC(O)CO.OCC(O)CO.OCC(O)CO.OCC(O)CO.OCC(O)CO.OCC(O)CO.OCC(O)CO.OCC(O)CO.OCC(O)CO. The number of carboxylic acid groups (broad SMARTS) is 1. The molecule has 0 aromatic carbocycles. The molecule has 33 heteroatoms. The van der Waals surface area contributed by atoms with Crippen LogP contribution in [0.5, 0.6) is 0 Å². The summed E-state index contributed by atoms with van der Waals surface area (Å²) in [6.07, 6.45) is 7.73. The number of carbonyl (C=O) groups is 1. The van der Waals surface area contributed by atoms with E-state index in [-0.39, 0.29) is 132 Å². The van der Waals surface area contributed by atoms with E-state index in [1.54, 1.807) is 0 Å². The fourth-order valence-electron chi connectivity index (χ4n) is 3.23. The Hall–Kier alpha value is -1.77. The van der Waals surface area contributed by atoms with E-state index in [0.29, 0.717) is 6.42 Å². The van der Waals surface area contributed by atoms with Crippen LogP contribution in [0.15, 0.2) is 0 Å². The summed E-state index contributed by atoms with van der Waals surface area (Å²) in [4.78, 5) is 10.4. The molecule has 33 nitrogen and oxygen atoms in total. The zero-order valence-corrected chi connectivity index (χ0v) is 47.3. The molecule has 0 spiro atoms. The topological polar surface area (TPSA) is 664 Å². The van der Waals surface area contributed by atoms with Gasteiger partial charge in [-0.05, 0) is 6.42 Å². The van der Waals surface area contributed by atoms with Crippen LogP contribution < -0.4 is 0 Å². The lowest BCUT2D eigenvalue weighted by Crippen LogP contribution is -2.18. The molecule has 0 aromatic rings. The van der Waals surface area contributed by atoms with Crippen molar-refractivity contribution >= 4 is 5.97 Å². The van der Waals surface area contributed by atoms with Crippen molar-refractivity contribution < 1.29 is 168 Å².